The Hall–Kier alpha value is -3.42. The summed E-state index contributed by atoms with van der Waals surface area (Å²) in [7, 11) is 0. The first kappa shape index (κ1) is 23.3. The van der Waals surface area contributed by atoms with Crippen LogP contribution < -0.4 is 9.80 Å². The number of piperazine rings is 1. The van der Waals surface area contributed by atoms with Gasteiger partial charge in [0.2, 0.25) is 11.7 Å². The van der Waals surface area contributed by atoms with Crippen LogP contribution in [0.15, 0.2) is 53.1 Å². The lowest BCUT2D eigenvalue weighted by Crippen LogP contribution is -2.51. The van der Waals surface area contributed by atoms with Crippen molar-refractivity contribution >= 4 is 17.6 Å². The quantitative estimate of drug-likeness (QED) is 0.537. The number of carbonyl (C=O) groups is 1. The van der Waals surface area contributed by atoms with Gasteiger partial charge in [-0.25, -0.2) is 4.39 Å². The number of rotatable bonds is 5. The Morgan fingerprint density at radius 2 is 1.57 bits per heavy atom. The molecule has 1 amide bonds. The van der Waals surface area contributed by atoms with Crippen molar-refractivity contribution < 1.29 is 13.7 Å². The fourth-order valence-corrected chi connectivity index (χ4v) is 4.89. The van der Waals surface area contributed by atoms with Gasteiger partial charge in [0.05, 0.1) is 0 Å². The first-order valence-corrected chi connectivity index (χ1v) is 12.5. The summed E-state index contributed by atoms with van der Waals surface area (Å²) >= 11 is 0. The van der Waals surface area contributed by atoms with Crippen LogP contribution in [0, 0.1) is 11.7 Å². The molecule has 5 rings (SSSR count). The topological polar surface area (TPSA) is 65.7 Å². The van der Waals surface area contributed by atoms with Crippen molar-refractivity contribution in [3.8, 4) is 11.4 Å². The standard InChI is InChI=1S/C27H32FN5O2/c1-19(2)20-3-5-21(6-4-20)25-29-27(35-30-25)33-13-11-22(12-14-33)26(34)32-17-15-31(16-18-32)24-9-7-23(28)8-10-24/h3-10,19,22H,11-18H2,1-2H3. The summed E-state index contributed by atoms with van der Waals surface area (Å²) < 4.78 is 18.7. The number of amides is 1. The molecule has 0 aliphatic carbocycles. The highest BCUT2D eigenvalue weighted by Crippen LogP contribution is 2.27. The Labute approximate surface area is 205 Å². The van der Waals surface area contributed by atoms with Crippen molar-refractivity contribution in [2.24, 2.45) is 5.92 Å². The van der Waals surface area contributed by atoms with Crippen molar-refractivity contribution in [3.63, 3.8) is 0 Å². The largest absolute Gasteiger partial charge is 0.368 e. The molecule has 3 heterocycles. The van der Waals surface area contributed by atoms with E-state index in [1.165, 1.54) is 17.7 Å². The maximum atomic E-state index is 13.2. The summed E-state index contributed by atoms with van der Waals surface area (Å²) in [6, 6.07) is 15.4. The maximum absolute atomic E-state index is 13.2. The van der Waals surface area contributed by atoms with E-state index in [0.717, 1.165) is 50.3 Å². The third-order valence-electron chi connectivity index (χ3n) is 7.15. The van der Waals surface area contributed by atoms with E-state index in [9.17, 15) is 9.18 Å². The predicted molar refractivity (Wildman–Crippen MR) is 134 cm³/mol. The molecule has 0 spiro atoms. The second-order valence-electron chi connectivity index (χ2n) is 9.73. The summed E-state index contributed by atoms with van der Waals surface area (Å²) in [5.74, 6) is 1.10. The van der Waals surface area contributed by atoms with E-state index in [1.807, 2.05) is 17.0 Å². The number of halogens is 1. The smallest absolute Gasteiger partial charge is 0.324 e. The number of benzene rings is 2. The molecule has 3 aromatic rings. The molecule has 0 atom stereocenters. The van der Waals surface area contributed by atoms with Crippen molar-refractivity contribution in [3.05, 3.63) is 59.9 Å². The van der Waals surface area contributed by atoms with Gasteiger partial charge in [0.1, 0.15) is 5.82 Å². The van der Waals surface area contributed by atoms with E-state index in [-0.39, 0.29) is 17.6 Å². The molecule has 184 valence electrons. The summed E-state index contributed by atoms with van der Waals surface area (Å²) in [6.07, 6.45) is 1.55. The Morgan fingerprint density at radius 3 is 2.20 bits per heavy atom. The molecular weight excluding hydrogens is 445 g/mol. The average Bonchev–Trinajstić information content (AvgIpc) is 3.39. The highest BCUT2D eigenvalue weighted by Gasteiger charge is 2.32. The van der Waals surface area contributed by atoms with Crippen LogP contribution in [0.4, 0.5) is 16.1 Å². The Kier molecular flexibility index (Phi) is 6.70. The molecule has 8 heteroatoms. The zero-order chi connectivity index (χ0) is 24.4. The normalized spacial score (nSPS) is 17.3. The van der Waals surface area contributed by atoms with E-state index >= 15 is 0 Å². The maximum Gasteiger partial charge on any atom is 0.324 e. The van der Waals surface area contributed by atoms with Gasteiger partial charge in [0, 0.05) is 56.4 Å². The lowest BCUT2D eigenvalue weighted by Gasteiger charge is -2.39. The van der Waals surface area contributed by atoms with Crippen LogP contribution in [0.2, 0.25) is 0 Å². The van der Waals surface area contributed by atoms with E-state index < -0.39 is 0 Å². The van der Waals surface area contributed by atoms with E-state index in [0.29, 0.717) is 30.8 Å². The molecule has 0 bridgehead atoms. The number of hydrogen-bond acceptors (Lipinski definition) is 6. The van der Waals surface area contributed by atoms with Crippen molar-refractivity contribution in [2.45, 2.75) is 32.6 Å². The monoisotopic (exact) mass is 477 g/mol. The van der Waals surface area contributed by atoms with Gasteiger partial charge in [-0.15, -0.1) is 0 Å². The lowest BCUT2D eigenvalue weighted by molar-refractivity contribution is -0.136. The molecule has 0 saturated carbocycles. The predicted octanol–water partition coefficient (Wildman–Crippen LogP) is 4.56. The zero-order valence-electron chi connectivity index (χ0n) is 20.4. The average molecular weight is 478 g/mol. The molecule has 0 radical (unpaired) electrons. The summed E-state index contributed by atoms with van der Waals surface area (Å²) in [4.78, 5) is 24.0. The number of aromatic nitrogens is 2. The van der Waals surface area contributed by atoms with E-state index in [1.54, 1.807) is 12.1 Å². The van der Waals surface area contributed by atoms with Crippen molar-refractivity contribution in [2.75, 3.05) is 49.1 Å². The first-order chi connectivity index (χ1) is 17.0. The highest BCUT2D eigenvalue weighted by molar-refractivity contribution is 5.79. The number of nitrogens with zero attached hydrogens (tertiary/aromatic N) is 5. The van der Waals surface area contributed by atoms with Gasteiger partial charge in [-0.05, 0) is 48.6 Å². The molecule has 2 fully saturated rings. The molecular formula is C27H32FN5O2. The minimum absolute atomic E-state index is 0.0228. The molecule has 0 unspecified atom stereocenters. The van der Waals surface area contributed by atoms with Crippen LogP contribution >= 0.6 is 0 Å². The second-order valence-corrected chi connectivity index (χ2v) is 9.73. The number of piperidine rings is 1. The number of hydrogen-bond donors (Lipinski definition) is 0. The van der Waals surface area contributed by atoms with Gasteiger partial charge in [-0.1, -0.05) is 43.3 Å². The molecule has 0 N–H and O–H groups in total. The van der Waals surface area contributed by atoms with Gasteiger partial charge in [0.25, 0.3) is 0 Å². The van der Waals surface area contributed by atoms with Gasteiger partial charge in [0.15, 0.2) is 0 Å². The third-order valence-corrected chi connectivity index (χ3v) is 7.15. The summed E-state index contributed by atoms with van der Waals surface area (Å²) in [5.41, 5.74) is 3.22. The van der Waals surface area contributed by atoms with E-state index in [2.05, 4.69) is 45.9 Å². The van der Waals surface area contributed by atoms with E-state index in [4.69, 9.17) is 4.52 Å². The number of anilines is 2. The second kappa shape index (κ2) is 10.1. The van der Waals surface area contributed by atoms with Gasteiger partial charge < -0.3 is 19.2 Å². The highest BCUT2D eigenvalue weighted by atomic mass is 19.1. The van der Waals surface area contributed by atoms with Gasteiger partial charge in [-0.3, -0.25) is 4.79 Å². The molecule has 2 aliphatic heterocycles. The summed E-state index contributed by atoms with van der Waals surface area (Å²) in [5, 5.41) is 4.17. The van der Waals surface area contributed by atoms with Crippen molar-refractivity contribution in [1.82, 2.24) is 15.0 Å². The zero-order valence-corrected chi connectivity index (χ0v) is 20.4. The van der Waals surface area contributed by atoms with Crippen LogP contribution in [0.5, 0.6) is 0 Å². The molecule has 1 aromatic heterocycles. The van der Waals surface area contributed by atoms with Crippen LogP contribution in [-0.2, 0) is 4.79 Å². The van der Waals surface area contributed by atoms with Gasteiger partial charge >= 0.3 is 6.01 Å². The fourth-order valence-electron chi connectivity index (χ4n) is 4.89. The lowest BCUT2D eigenvalue weighted by atomic mass is 9.95. The van der Waals surface area contributed by atoms with Crippen LogP contribution in [0.3, 0.4) is 0 Å². The molecule has 35 heavy (non-hydrogen) atoms. The Morgan fingerprint density at radius 1 is 0.914 bits per heavy atom. The SMILES string of the molecule is CC(C)c1ccc(-c2noc(N3CCC(C(=O)N4CCN(c5ccc(F)cc5)CC4)CC3)n2)cc1. The Bertz CT molecular complexity index is 1130. The van der Waals surface area contributed by atoms with Gasteiger partial charge in [-0.2, -0.15) is 4.98 Å². The molecule has 2 aromatic carbocycles. The summed E-state index contributed by atoms with van der Waals surface area (Å²) in [6.45, 7) is 8.70. The van der Waals surface area contributed by atoms with Crippen LogP contribution in [0.1, 0.15) is 38.2 Å². The first-order valence-electron chi connectivity index (χ1n) is 12.5. The molecule has 2 saturated heterocycles. The molecule has 7 nitrogen and oxygen atoms in total. The molecule has 2 aliphatic rings. The minimum Gasteiger partial charge on any atom is -0.368 e. The minimum atomic E-state index is -0.231. The Balaban J connectivity index is 1.12. The number of carbonyl (C=O) groups excluding carboxylic acids is 1. The van der Waals surface area contributed by atoms with Crippen molar-refractivity contribution in [1.29, 1.82) is 0 Å². The fraction of sp³-hybridized carbons (Fsp3) is 0.444. The third kappa shape index (κ3) is 5.16. The van der Waals surface area contributed by atoms with Crippen LogP contribution in [-0.4, -0.2) is 60.2 Å². The van der Waals surface area contributed by atoms with Crippen LogP contribution in [0.25, 0.3) is 11.4 Å².